The van der Waals surface area contributed by atoms with Crippen LogP contribution in [0.2, 0.25) is 0 Å². The van der Waals surface area contributed by atoms with Crippen molar-refractivity contribution in [3.63, 3.8) is 0 Å². The van der Waals surface area contributed by atoms with Gasteiger partial charge in [-0.15, -0.1) is 0 Å². The molecule has 2 unspecified atom stereocenters. The number of amides is 2. The third-order valence-corrected chi connectivity index (χ3v) is 5.30. The van der Waals surface area contributed by atoms with Crippen LogP contribution in [0.1, 0.15) is 33.6 Å². The molecule has 0 aromatic carbocycles. The Hall–Kier alpha value is -1.35. The van der Waals surface area contributed by atoms with Crippen LogP contribution < -0.4 is 5.14 Å². The molecule has 8 nitrogen and oxygen atoms in total. The fraction of sp³-hybridized carbons (Fsp3) is 0.857. The Balaban J connectivity index is 1.86. The number of sulfonamides is 1. The fourth-order valence-corrected chi connectivity index (χ4v) is 3.68. The Morgan fingerprint density at radius 2 is 2.00 bits per heavy atom. The van der Waals surface area contributed by atoms with Crippen molar-refractivity contribution < 1.29 is 22.7 Å². The Bertz CT molecular complexity index is 584. The molecule has 0 aromatic rings. The number of carbonyl (C=O) groups is 2. The minimum Gasteiger partial charge on any atom is -0.444 e. The van der Waals surface area contributed by atoms with Crippen LogP contribution in [0.3, 0.4) is 0 Å². The van der Waals surface area contributed by atoms with E-state index in [2.05, 4.69) is 0 Å². The Morgan fingerprint density at radius 3 is 2.52 bits per heavy atom. The van der Waals surface area contributed by atoms with Crippen molar-refractivity contribution in [2.45, 2.75) is 44.5 Å². The van der Waals surface area contributed by atoms with Gasteiger partial charge >= 0.3 is 6.09 Å². The highest BCUT2D eigenvalue weighted by molar-refractivity contribution is 7.89. The summed E-state index contributed by atoms with van der Waals surface area (Å²) in [6.45, 7) is 7.13. The van der Waals surface area contributed by atoms with Gasteiger partial charge in [-0.05, 0) is 33.1 Å². The van der Waals surface area contributed by atoms with Crippen molar-refractivity contribution in [1.82, 2.24) is 9.80 Å². The van der Waals surface area contributed by atoms with E-state index in [9.17, 15) is 18.0 Å². The summed E-state index contributed by atoms with van der Waals surface area (Å²) >= 11 is 0. The van der Waals surface area contributed by atoms with E-state index in [1.165, 1.54) is 0 Å². The average Bonchev–Trinajstić information content (AvgIpc) is 2.95. The van der Waals surface area contributed by atoms with Crippen molar-refractivity contribution in [2.24, 2.45) is 11.1 Å². The van der Waals surface area contributed by atoms with Crippen LogP contribution in [0, 0.1) is 5.92 Å². The predicted octanol–water partition coefficient (Wildman–Crippen LogP) is 0.133. The first-order chi connectivity index (χ1) is 10.5. The SMILES string of the molecule is CC(C)(C)OC(=O)N1CCC(CN2CC(S(N)(=O)=O)CC2=O)C1. The number of rotatable bonds is 3. The highest BCUT2D eigenvalue weighted by Crippen LogP contribution is 2.24. The Kier molecular flexibility index (Phi) is 4.91. The number of carbonyl (C=O) groups excluding carboxylic acids is 2. The smallest absolute Gasteiger partial charge is 0.410 e. The van der Waals surface area contributed by atoms with Gasteiger partial charge in [-0.25, -0.2) is 18.4 Å². The second-order valence-corrected chi connectivity index (χ2v) is 9.14. The van der Waals surface area contributed by atoms with E-state index in [4.69, 9.17) is 9.88 Å². The molecule has 0 aromatic heterocycles. The molecule has 0 spiro atoms. The first kappa shape index (κ1) is 18.0. The van der Waals surface area contributed by atoms with Crippen LogP contribution in [-0.4, -0.2) is 67.2 Å². The van der Waals surface area contributed by atoms with Crippen LogP contribution >= 0.6 is 0 Å². The summed E-state index contributed by atoms with van der Waals surface area (Å²) in [6.07, 6.45) is 0.361. The van der Waals surface area contributed by atoms with Crippen LogP contribution in [-0.2, 0) is 19.6 Å². The number of hydrogen-bond acceptors (Lipinski definition) is 5. The standard InChI is InChI=1S/C14H25N3O5S/c1-14(2,3)22-13(19)16-5-4-10(7-16)8-17-9-11(6-12(17)18)23(15,20)21/h10-11H,4-9H2,1-3H3,(H2,15,20,21). The molecule has 2 heterocycles. The molecule has 2 aliphatic rings. The molecule has 23 heavy (non-hydrogen) atoms. The quantitative estimate of drug-likeness (QED) is 0.780. The zero-order valence-electron chi connectivity index (χ0n) is 13.8. The topological polar surface area (TPSA) is 110 Å². The zero-order valence-corrected chi connectivity index (χ0v) is 14.6. The number of ether oxygens (including phenoxy) is 1. The molecule has 2 rings (SSSR count). The lowest BCUT2D eigenvalue weighted by atomic mass is 10.1. The summed E-state index contributed by atoms with van der Waals surface area (Å²) in [5.41, 5.74) is -0.539. The molecule has 0 radical (unpaired) electrons. The van der Waals surface area contributed by atoms with E-state index in [1.807, 2.05) is 20.8 Å². The van der Waals surface area contributed by atoms with Gasteiger partial charge in [-0.3, -0.25) is 4.79 Å². The van der Waals surface area contributed by atoms with Gasteiger partial charge in [-0.2, -0.15) is 0 Å². The third kappa shape index (κ3) is 4.81. The second-order valence-electron chi connectivity index (χ2n) is 7.29. The summed E-state index contributed by atoms with van der Waals surface area (Å²) in [6, 6.07) is 0. The summed E-state index contributed by atoms with van der Waals surface area (Å²) in [7, 11) is -3.69. The Morgan fingerprint density at radius 1 is 1.35 bits per heavy atom. The van der Waals surface area contributed by atoms with E-state index in [0.29, 0.717) is 19.6 Å². The number of primary sulfonamides is 1. The van der Waals surface area contributed by atoms with Crippen molar-refractivity contribution in [2.75, 3.05) is 26.2 Å². The largest absolute Gasteiger partial charge is 0.444 e. The van der Waals surface area contributed by atoms with Gasteiger partial charge in [0, 0.05) is 32.6 Å². The maximum absolute atomic E-state index is 12.0. The summed E-state index contributed by atoms with van der Waals surface area (Å²) < 4.78 is 28.1. The lowest BCUT2D eigenvalue weighted by Gasteiger charge is -2.25. The molecule has 2 N–H and O–H groups in total. The van der Waals surface area contributed by atoms with Gasteiger partial charge in [0.15, 0.2) is 0 Å². The van der Waals surface area contributed by atoms with Crippen molar-refractivity contribution in [3.8, 4) is 0 Å². The molecule has 2 amide bonds. The van der Waals surface area contributed by atoms with Gasteiger partial charge < -0.3 is 14.5 Å². The minimum atomic E-state index is -3.69. The van der Waals surface area contributed by atoms with E-state index < -0.39 is 20.9 Å². The summed E-state index contributed by atoms with van der Waals surface area (Å²) in [5.74, 6) is -0.0644. The third-order valence-electron chi connectivity index (χ3n) is 4.06. The highest BCUT2D eigenvalue weighted by Gasteiger charge is 2.38. The molecule has 2 saturated heterocycles. The van der Waals surface area contributed by atoms with E-state index in [0.717, 1.165) is 6.42 Å². The van der Waals surface area contributed by atoms with Gasteiger partial charge in [0.05, 0.1) is 0 Å². The second kappa shape index (κ2) is 6.27. The molecule has 9 heteroatoms. The number of nitrogens with zero attached hydrogens (tertiary/aromatic N) is 2. The van der Waals surface area contributed by atoms with Gasteiger partial charge in [0.1, 0.15) is 10.9 Å². The normalized spacial score (nSPS) is 26.0. The summed E-state index contributed by atoms with van der Waals surface area (Å²) in [5, 5.41) is 4.30. The fourth-order valence-electron chi connectivity index (χ4n) is 2.92. The number of likely N-dealkylation sites (tertiary alicyclic amines) is 2. The predicted molar refractivity (Wildman–Crippen MR) is 84.0 cm³/mol. The number of nitrogens with two attached hydrogens (primary N) is 1. The molecule has 0 bridgehead atoms. The van der Waals surface area contributed by atoms with Crippen molar-refractivity contribution in [3.05, 3.63) is 0 Å². The maximum Gasteiger partial charge on any atom is 0.410 e. The lowest BCUT2D eigenvalue weighted by Crippen LogP contribution is -2.37. The first-order valence-electron chi connectivity index (χ1n) is 7.73. The number of hydrogen-bond donors (Lipinski definition) is 1. The molecule has 2 atom stereocenters. The van der Waals surface area contributed by atoms with Crippen LogP contribution in [0.15, 0.2) is 0 Å². The lowest BCUT2D eigenvalue weighted by molar-refractivity contribution is -0.128. The molecular weight excluding hydrogens is 322 g/mol. The van der Waals surface area contributed by atoms with Crippen LogP contribution in [0.5, 0.6) is 0 Å². The molecule has 0 saturated carbocycles. The molecule has 2 aliphatic heterocycles. The molecule has 2 fully saturated rings. The summed E-state index contributed by atoms with van der Waals surface area (Å²) in [4.78, 5) is 27.1. The Labute approximate surface area is 137 Å². The zero-order chi connectivity index (χ0) is 17.4. The molecule has 132 valence electrons. The maximum atomic E-state index is 12.0. The minimum absolute atomic E-state index is 0.0542. The van der Waals surface area contributed by atoms with Crippen LogP contribution in [0.4, 0.5) is 4.79 Å². The van der Waals surface area contributed by atoms with Gasteiger partial charge in [-0.1, -0.05) is 0 Å². The monoisotopic (exact) mass is 347 g/mol. The van der Waals surface area contributed by atoms with Crippen molar-refractivity contribution >= 4 is 22.0 Å². The van der Waals surface area contributed by atoms with E-state index in [1.54, 1.807) is 9.80 Å². The van der Waals surface area contributed by atoms with E-state index >= 15 is 0 Å². The van der Waals surface area contributed by atoms with Crippen molar-refractivity contribution in [1.29, 1.82) is 0 Å². The van der Waals surface area contributed by atoms with Gasteiger partial charge in [0.25, 0.3) is 0 Å². The molecular formula is C14H25N3O5S. The highest BCUT2D eigenvalue weighted by atomic mass is 32.2. The first-order valence-corrected chi connectivity index (χ1v) is 9.34. The van der Waals surface area contributed by atoms with E-state index in [-0.39, 0.29) is 30.9 Å². The average molecular weight is 347 g/mol. The molecule has 0 aliphatic carbocycles. The van der Waals surface area contributed by atoms with Gasteiger partial charge in [0.2, 0.25) is 15.9 Å². The van der Waals surface area contributed by atoms with Crippen LogP contribution in [0.25, 0.3) is 0 Å².